The van der Waals surface area contributed by atoms with Gasteiger partial charge in [-0.05, 0) is 93.8 Å². The second-order valence-electron chi connectivity index (χ2n) is 16.4. The number of hydrazine groups is 1. The zero-order chi connectivity index (χ0) is 40.3. The molecule has 5 heterocycles. The number of carbonyl (C=O) groups is 4. The molecule has 8 rings (SSSR count). The van der Waals surface area contributed by atoms with E-state index in [1.165, 1.54) is 5.69 Å². The van der Waals surface area contributed by atoms with Crippen LogP contribution in [0.3, 0.4) is 0 Å². The van der Waals surface area contributed by atoms with Crippen molar-refractivity contribution in [3.63, 3.8) is 0 Å². The van der Waals surface area contributed by atoms with Crippen LogP contribution in [0, 0.1) is 5.92 Å². The van der Waals surface area contributed by atoms with Crippen molar-refractivity contribution in [3.05, 3.63) is 59.8 Å². The van der Waals surface area contributed by atoms with Crippen molar-refractivity contribution >= 4 is 52.5 Å². The number of rotatable bonds is 11. The van der Waals surface area contributed by atoms with Gasteiger partial charge >= 0.3 is 0 Å². The Kier molecular flexibility index (Phi) is 11.8. The summed E-state index contributed by atoms with van der Waals surface area (Å²) in [6.45, 7) is 8.60. The molecular formula is C43H56N10O5. The van der Waals surface area contributed by atoms with Crippen molar-refractivity contribution in [2.75, 3.05) is 80.0 Å². The molecule has 2 atom stereocenters. The maximum atomic E-state index is 13.4. The first-order chi connectivity index (χ1) is 28.1. The molecule has 2 aromatic carbocycles. The quantitative estimate of drug-likeness (QED) is 0.235. The summed E-state index contributed by atoms with van der Waals surface area (Å²) in [5.41, 5.74) is 7.09. The number of hydrogen-bond acceptors (Lipinski definition) is 12. The Labute approximate surface area is 340 Å². The molecule has 4 amide bonds. The number of ether oxygens (including phenoxy) is 1. The molecule has 5 aliphatic rings. The predicted molar refractivity (Wildman–Crippen MR) is 223 cm³/mol. The molecule has 3 aromatic rings. The molecule has 3 saturated heterocycles. The molecule has 1 aromatic heterocycles. The van der Waals surface area contributed by atoms with E-state index in [1.54, 1.807) is 37.4 Å². The van der Waals surface area contributed by atoms with Crippen LogP contribution in [0.2, 0.25) is 0 Å². The number of benzene rings is 2. The Morgan fingerprint density at radius 2 is 1.67 bits per heavy atom. The second-order valence-corrected chi connectivity index (χ2v) is 16.4. The molecule has 4 aliphatic heterocycles. The van der Waals surface area contributed by atoms with Crippen molar-refractivity contribution in [3.8, 4) is 5.75 Å². The van der Waals surface area contributed by atoms with Crippen molar-refractivity contribution in [1.29, 1.82) is 0 Å². The summed E-state index contributed by atoms with van der Waals surface area (Å²) in [5, 5.41) is 7.78. The Morgan fingerprint density at radius 3 is 2.38 bits per heavy atom. The number of likely N-dealkylation sites (N-methyl/N-ethyl adjacent to an activating group) is 1. The molecular weight excluding hydrogens is 737 g/mol. The molecule has 0 spiro atoms. The second kappa shape index (κ2) is 17.3. The number of imide groups is 1. The Bertz CT molecular complexity index is 1990. The largest absolute Gasteiger partial charge is 0.495 e. The maximum Gasteiger partial charge on any atom is 0.265 e. The summed E-state index contributed by atoms with van der Waals surface area (Å²) in [4.78, 5) is 68.5. The summed E-state index contributed by atoms with van der Waals surface area (Å²) in [6, 6.07) is 13.6. The minimum absolute atomic E-state index is 0.0427. The van der Waals surface area contributed by atoms with Gasteiger partial charge in [0, 0.05) is 70.0 Å². The monoisotopic (exact) mass is 792 g/mol. The molecule has 3 N–H and O–H groups in total. The predicted octanol–water partition coefficient (Wildman–Crippen LogP) is 4.43. The van der Waals surface area contributed by atoms with Gasteiger partial charge in [-0.1, -0.05) is 25.0 Å². The SMILES string of the molecule is COc1cc(C(=O)NN2CCC(CCN3CCN(c4ccc(C5CCC(=O)NC5=O)cc4)CC3)CC2)ccc1Nc1ncc2c(n1)N(C1CCCC1)[C@H](C)C(=O)N2C. The standard InChI is InChI=1S/C43H56N10O5/c1-28-42(57)49(2)36-27-44-43(47-39(36)53(28)33-6-4-5-7-33)45-35-14-10-31(26-37(35)58-3)40(55)48-52-20-17-29(18-21-52)16-19-50-22-24-51(25-23-50)32-11-8-30(9-12-32)34-13-15-38(54)46-41(34)56/h8-12,14,26-29,33-34H,4-7,13,15-25H2,1-3H3,(H,48,55)(H,44,45,47)(H,46,54,56)/t28-,34?/m1/s1. The number of aromatic nitrogens is 2. The van der Waals surface area contributed by atoms with Crippen LogP contribution < -0.4 is 35.5 Å². The average Bonchev–Trinajstić information content (AvgIpc) is 3.78. The molecule has 58 heavy (non-hydrogen) atoms. The molecule has 1 aliphatic carbocycles. The first kappa shape index (κ1) is 39.5. The van der Waals surface area contributed by atoms with Crippen LogP contribution in [-0.4, -0.2) is 116 Å². The van der Waals surface area contributed by atoms with Gasteiger partial charge in [-0.3, -0.25) is 34.8 Å². The molecule has 0 bridgehead atoms. The number of methoxy groups -OCH3 is 1. The van der Waals surface area contributed by atoms with Crippen LogP contribution in [0.5, 0.6) is 5.75 Å². The van der Waals surface area contributed by atoms with Crippen LogP contribution in [0.4, 0.5) is 28.8 Å². The van der Waals surface area contributed by atoms with Crippen molar-refractivity contribution in [2.24, 2.45) is 5.92 Å². The fraction of sp³-hybridized carbons (Fsp3) is 0.535. The van der Waals surface area contributed by atoms with Crippen LogP contribution in [0.1, 0.15) is 86.6 Å². The van der Waals surface area contributed by atoms with E-state index in [1.807, 2.05) is 30.1 Å². The van der Waals surface area contributed by atoms with Crippen LogP contribution >= 0.6 is 0 Å². The maximum absolute atomic E-state index is 13.4. The lowest BCUT2D eigenvalue weighted by molar-refractivity contribution is -0.134. The Balaban J connectivity index is 0.786. The molecule has 308 valence electrons. The number of nitrogens with zero attached hydrogens (tertiary/aromatic N) is 7. The minimum atomic E-state index is -0.303. The van der Waals surface area contributed by atoms with Crippen LogP contribution in [0.25, 0.3) is 0 Å². The number of nitrogens with one attached hydrogen (secondary N) is 3. The molecule has 0 radical (unpaired) electrons. The summed E-state index contributed by atoms with van der Waals surface area (Å²) in [5.74, 6) is 1.51. The van der Waals surface area contributed by atoms with Crippen LogP contribution in [-0.2, 0) is 14.4 Å². The number of piperidine rings is 2. The van der Waals surface area contributed by atoms with Gasteiger partial charge in [0.25, 0.3) is 5.91 Å². The van der Waals surface area contributed by atoms with Crippen molar-refractivity contribution < 1.29 is 23.9 Å². The zero-order valence-corrected chi connectivity index (χ0v) is 33.9. The highest BCUT2D eigenvalue weighted by Crippen LogP contribution is 2.40. The van der Waals surface area contributed by atoms with Gasteiger partial charge in [0.15, 0.2) is 5.82 Å². The van der Waals surface area contributed by atoms with E-state index in [-0.39, 0.29) is 41.6 Å². The van der Waals surface area contributed by atoms with Gasteiger partial charge in [-0.2, -0.15) is 4.98 Å². The van der Waals surface area contributed by atoms with E-state index < -0.39 is 0 Å². The highest BCUT2D eigenvalue weighted by Gasteiger charge is 2.40. The van der Waals surface area contributed by atoms with Gasteiger partial charge in [0.1, 0.15) is 17.5 Å². The van der Waals surface area contributed by atoms with Crippen molar-refractivity contribution in [2.45, 2.75) is 82.7 Å². The lowest BCUT2D eigenvalue weighted by Gasteiger charge is -2.42. The topological polar surface area (TPSA) is 156 Å². The number of fused-ring (bicyclic) bond motifs is 1. The minimum Gasteiger partial charge on any atom is -0.495 e. The fourth-order valence-corrected chi connectivity index (χ4v) is 9.35. The number of hydrogen-bond donors (Lipinski definition) is 3. The third kappa shape index (κ3) is 8.46. The first-order valence-corrected chi connectivity index (χ1v) is 21.0. The lowest BCUT2D eigenvalue weighted by Crippen LogP contribution is -2.54. The smallest absolute Gasteiger partial charge is 0.265 e. The van der Waals surface area contributed by atoms with Gasteiger partial charge in [0.05, 0.1) is 24.9 Å². The molecule has 15 heteroatoms. The summed E-state index contributed by atoms with van der Waals surface area (Å²) >= 11 is 0. The van der Waals surface area contributed by atoms with E-state index in [4.69, 9.17) is 9.72 Å². The van der Waals surface area contributed by atoms with E-state index >= 15 is 0 Å². The third-order valence-corrected chi connectivity index (χ3v) is 12.9. The number of anilines is 5. The zero-order valence-electron chi connectivity index (χ0n) is 33.9. The van der Waals surface area contributed by atoms with Crippen molar-refractivity contribution in [1.82, 2.24) is 30.6 Å². The van der Waals surface area contributed by atoms with Gasteiger partial charge in [-0.25, -0.2) is 9.99 Å². The van der Waals surface area contributed by atoms with Gasteiger partial charge in [-0.15, -0.1) is 0 Å². The summed E-state index contributed by atoms with van der Waals surface area (Å²) in [6.07, 6.45) is 10.2. The molecule has 1 unspecified atom stereocenters. The molecule has 1 saturated carbocycles. The average molecular weight is 793 g/mol. The van der Waals surface area contributed by atoms with Gasteiger partial charge in [0.2, 0.25) is 23.7 Å². The number of carbonyl (C=O) groups excluding carboxylic acids is 4. The summed E-state index contributed by atoms with van der Waals surface area (Å²) < 4.78 is 5.71. The molecule has 15 nitrogen and oxygen atoms in total. The van der Waals surface area contributed by atoms with E-state index in [0.717, 1.165) is 102 Å². The van der Waals surface area contributed by atoms with E-state index in [2.05, 4.69) is 47.9 Å². The van der Waals surface area contributed by atoms with Crippen LogP contribution in [0.15, 0.2) is 48.7 Å². The number of amides is 4. The van der Waals surface area contributed by atoms with E-state index in [9.17, 15) is 19.2 Å². The third-order valence-electron chi connectivity index (χ3n) is 12.9. The Morgan fingerprint density at radius 1 is 0.931 bits per heavy atom. The first-order valence-electron chi connectivity index (χ1n) is 21.0. The van der Waals surface area contributed by atoms with Gasteiger partial charge < -0.3 is 24.8 Å². The summed E-state index contributed by atoms with van der Waals surface area (Å²) in [7, 11) is 3.35. The number of piperazine rings is 1. The highest BCUT2D eigenvalue weighted by atomic mass is 16.5. The Hall–Kier alpha value is -5.28. The highest BCUT2D eigenvalue weighted by molar-refractivity contribution is 6.04. The van der Waals surface area contributed by atoms with E-state index in [0.29, 0.717) is 47.4 Å². The lowest BCUT2D eigenvalue weighted by atomic mass is 9.90. The normalized spacial score (nSPS) is 22.5. The molecule has 4 fully saturated rings. The fourth-order valence-electron chi connectivity index (χ4n) is 9.35.